The van der Waals surface area contributed by atoms with Gasteiger partial charge in [0.15, 0.2) is 0 Å². The fraction of sp³-hybridized carbons (Fsp3) is 0.455. The van der Waals surface area contributed by atoms with E-state index in [0.717, 1.165) is 19.4 Å². The van der Waals surface area contributed by atoms with E-state index in [1.807, 2.05) is 0 Å². The van der Waals surface area contributed by atoms with Gasteiger partial charge < -0.3 is 15.2 Å². The Balaban J connectivity index is 1.87. The van der Waals surface area contributed by atoms with Crippen molar-refractivity contribution in [3.8, 4) is 5.88 Å². The molecule has 16 heavy (non-hydrogen) atoms. The Morgan fingerprint density at radius 1 is 1.62 bits per heavy atom. The second-order valence-corrected chi connectivity index (χ2v) is 3.70. The molecule has 1 amide bonds. The van der Waals surface area contributed by atoms with Crippen LogP contribution in [0.3, 0.4) is 0 Å². The highest BCUT2D eigenvalue weighted by atomic mass is 16.5. The van der Waals surface area contributed by atoms with Crippen molar-refractivity contribution < 1.29 is 14.3 Å². The second-order valence-electron chi connectivity index (χ2n) is 3.70. The molecule has 1 atom stereocenters. The molecule has 2 rings (SSSR count). The molecule has 1 aromatic rings. The number of primary amides is 1. The molecule has 1 fully saturated rings. The maximum atomic E-state index is 10.8. The van der Waals surface area contributed by atoms with Crippen molar-refractivity contribution in [1.82, 2.24) is 4.98 Å². The summed E-state index contributed by atoms with van der Waals surface area (Å²) in [4.78, 5) is 14.8. The molecule has 0 bridgehead atoms. The first-order chi connectivity index (χ1) is 7.75. The summed E-state index contributed by atoms with van der Waals surface area (Å²) in [5.74, 6) is -0.00123. The van der Waals surface area contributed by atoms with Gasteiger partial charge in [-0.2, -0.15) is 0 Å². The van der Waals surface area contributed by atoms with E-state index in [2.05, 4.69) is 4.98 Å². The molecule has 2 heterocycles. The number of amides is 1. The van der Waals surface area contributed by atoms with Gasteiger partial charge >= 0.3 is 0 Å². The predicted molar refractivity (Wildman–Crippen MR) is 57.2 cm³/mol. The number of aromatic nitrogens is 1. The van der Waals surface area contributed by atoms with Crippen LogP contribution in [0.1, 0.15) is 23.2 Å². The number of nitrogens with two attached hydrogens (primary N) is 1. The van der Waals surface area contributed by atoms with Crippen molar-refractivity contribution in [2.24, 2.45) is 5.73 Å². The highest BCUT2D eigenvalue weighted by Gasteiger charge is 2.16. The molecule has 2 N–H and O–H groups in total. The summed E-state index contributed by atoms with van der Waals surface area (Å²) in [6.07, 6.45) is 3.69. The Bertz CT molecular complexity index is 358. The number of nitrogens with zero attached hydrogens (tertiary/aromatic N) is 1. The van der Waals surface area contributed by atoms with E-state index in [9.17, 15) is 4.79 Å². The molecule has 0 saturated carbocycles. The van der Waals surface area contributed by atoms with Crippen LogP contribution in [0.15, 0.2) is 18.3 Å². The minimum Gasteiger partial charge on any atom is -0.475 e. The first-order valence-electron chi connectivity index (χ1n) is 5.26. The van der Waals surface area contributed by atoms with Crippen molar-refractivity contribution in [1.29, 1.82) is 0 Å². The topological polar surface area (TPSA) is 74.4 Å². The maximum absolute atomic E-state index is 10.8. The molecule has 86 valence electrons. The standard InChI is InChI=1S/C11H14N2O3/c12-11(14)8-3-4-10(13-6-8)16-7-9-2-1-5-15-9/h3-4,6,9H,1-2,5,7H2,(H2,12,14)/t9-/m0/s1. The van der Waals surface area contributed by atoms with Gasteiger partial charge in [0.1, 0.15) is 6.61 Å². The maximum Gasteiger partial charge on any atom is 0.250 e. The molecule has 1 aliphatic rings. The molecule has 0 unspecified atom stereocenters. The monoisotopic (exact) mass is 222 g/mol. The van der Waals surface area contributed by atoms with Crippen LogP contribution in [0, 0.1) is 0 Å². The number of hydrogen-bond donors (Lipinski definition) is 1. The molecule has 1 aliphatic heterocycles. The van der Waals surface area contributed by atoms with Gasteiger partial charge in [-0.1, -0.05) is 0 Å². The van der Waals surface area contributed by atoms with Crippen LogP contribution in [0.5, 0.6) is 5.88 Å². The zero-order chi connectivity index (χ0) is 11.4. The van der Waals surface area contributed by atoms with Crippen molar-refractivity contribution in [3.05, 3.63) is 23.9 Å². The number of rotatable bonds is 4. The second kappa shape index (κ2) is 4.94. The van der Waals surface area contributed by atoms with Gasteiger partial charge in [-0.05, 0) is 18.9 Å². The molecule has 1 saturated heterocycles. The molecule has 0 aliphatic carbocycles. The summed E-state index contributed by atoms with van der Waals surface area (Å²) >= 11 is 0. The van der Waals surface area contributed by atoms with E-state index < -0.39 is 5.91 Å². The summed E-state index contributed by atoms with van der Waals surface area (Å²) in [6.45, 7) is 1.31. The molecule has 0 radical (unpaired) electrons. The van der Waals surface area contributed by atoms with E-state index in [1.54, 1.807) is 12.1 Å². The first kappa shape index (κ1) is 10.9. The van der Waals surface area contributed by atoms with Gasteiger partial charge in [0.25, 0.3) is 0 Å². The van der Waals surface area contributed by atoms with E-state index >= 15 is 0 Å². The Morgan fingerprint density at radius 2 is 2.50 bits per heavy atom. The molecule has 5 heteroatoms. The van der Waals surface area contributed by atoms with Crippen molar-refractivity contribution >= 4 is 5.91 Å². The van der Waals surface area contributed by atoms with E-state index in [-0.39, 0.29) is 6.10 Å². The lowest BCUT2D eigenvalue weighted by molar-refractivity contribution is 0.0663. The van der Waals surface area contributed by atoms with Crippen LogP contribution < -0.4 is 10.5 Å². The van der Waals surface area contributed by atoms with Crippen LogP contribution in [0.4, 0.5) is 0 Å². The normalized spacial score (nSPS) is 19.6. The zero-order valence-corrected chi connectivity index (χ0v) is 8.89. The molecule has 0 spiro atoms. The van der Waals surface area contributed by atoms with Crippen molar-refractivity contribution in [2.45, 2.75) is 18.9 Å². The summed E-state index contributed by atoms with van der Waals surface area (Å²) in [6, 6.07) is 3.23. The van der Waals surface area contributed by atoms with Gasteiger partial charge in [0, 0.05) is 18.9 Å². The van der Waals surface area contributed by atoms with Gasteiger partial charge in [0.2, 0.25) is 11.8 Å². The van der Waals surface area contributed by atoms with Crippen LogP contribution >= 0.6 is 0 Å². The number of hydrogen-bond acceptors (Lipinski definition) is 4. The number of pyridine rings is 1. The van der Waals surface area contributed by atoms with E-state index in [4.69, 9.17) is 15.2 Å². The van der Waals surface area contributed by atoms with Crippen LogP contribution in [-0.2, 0) is 4.74 Å². The third kappa shape index (κ3) is 2.70. The quantitative estimate of drug-likeness (QED) is 0.815. The summed E-state index contributed by atoms with van der Waals surface area (Å²) in [5, 5.41) is 0. The van der Waals surface area contributed by atoms with Gasteiger partial charge in [-0.25, -0.2) is 4.98 Å². The molecule has 0 aromatic carbocycles. The summed E-state index contributed by atoms with van der Waals surface area (Å²) in [7, 11) is 0. The Kier molecular flexibility index (Phi) is 3.36. The highest BCUT2D eigenvalue weighted by molar-refractivity contribution is 5.92. The van der Waals surface area contributed by atoms with Gasteiger partial charge in [0.05, 0.1) is 11.7 Å². The van der Waals surface area contributed by atoms with Crippen LogP contribution in [-0.4, -0.2) is 30.2 Å². The Morgan fingerprint density at radius 3 is 3.06 bits per heavy atom. The zero-order valence-electron chi connectivity index (χ0n) is 8.89. The minimum absolute atomic E-state index is 0.164. The number of carbonyl (C=O) groups excluding carboxylic acids is 1. The SMILES string of the molecule is NC(=O)c1ccc(OC[C@@H]2CCCO2)nc1. The summed E-state index contributed by atoms with van der Waals surface area (Å²) < 4.78 is 10.8. The highest BCUT2D eigenvalue weighted by Crippen LogP contribution is 2.14. The average molecular weight is 222 g/mol. The van der Waals surface area contributed by atoms with Crippen LogP contribution in [0.25, 0.3) is 0 Å². The largest absolute Gasteiger partial charge is 0.475 e. The first-order valence-corrected chi connectivity index (χ1v) is 5.26. The molecular formula is C11H14N2O3. The van der Waals surface area contributed by atoms with E-state index in [0.29, 0.717) is 18.1 Å². The smallest absolute Gasteiger partial charge is 0.250 e. The Labute approximate surface area is 93.6 Å². The fourth-order valence-corrected chi connectivity index (χ4v) is 1.57. The van der Waals surface area contributed by atoms with Gasteiger partial charge in [-0.15, -0.1) is 0 Å². The number of ether oxygens (including phenoxy) is 2. The third-order valence-electron chi connectivity index (χ3n) is 2.46. The molecular weight excluding hydrogens is 208 g/mol. The predicted octanol–water partition coefficient (Wildman–Crippen LogP) is 0.738. The lowest BCUT2D eigenvalue weighted by Gasteiger charge is -2.10. The van der Waals surface area contributed by atoms with Gasteiger partial charge in [-0.3, -0.25) is 4.79 Å². The summed E-state index contributed by atoms with van der Waals surface area (Å²) in [5.41, 5.74) is 5.48. The van der Waals surface area contributed by atoms with Crippen LogP contribution in [0.2, 0.25) is 0 Å². The molecule has 5 nitrogen and oxygen atoms in total. The lowest BCUT2D eigenvalue weighted by atomic mass is 10.2. The van der Waals surface area contributed by atoms with E-state index in [1.165, 1.54) is 6.20 Å². The Hall–Kier alpha value is -1.62. The molecule has 1 aromatic heterocycles. The minimum atomic E-state index is -0.488. The average Bonchev–Trinajstić information content (AvgIpc) is 2.80. The lowest BCUT2D eigenvalue weighted by Crippen LogP contribution is -2.17. The van der Waals surface area contributed by atoms with Crippen molar-refractivity contribution in [3.63, 3.8) is 0 Å². The van der Waals surface area contributed by atoms with Crippen molar-refractivity contribution in [2.75, 3.05) is 13.2 Å². The number of carbonyl (C=O) groups is 1. The third-order valence-corrected chi connectivity index (χ3v) is 2.46. The fourth-order valence-electron chi connectivity index (χ4n) is 1.57.